The summed E-state index contributed by atoms with van der Waals surface area (Å²) in [6.45, 7) is 8.55. The van der Waals surface area contributed by atoms with Gasteiger partial charge < -0.3 is 15.0 Å². The molecule has 0 saturated carbocycles. The summed E-state index contributed by atoms with van der Waals surface area (Å²) >= 11 is 1.95. The van der Waals surface area contributed by atoms with Crippen molar-refractivity contribution in [1.29, 1.82) is 0 Å². The lowest BCUT2D eigenvalue weighted by Gasteiger charge is -2.24. The van der Waals surface area contributed by atoms with E-state index in [2.05, 4.69) is 54.9 Å². The molecular weight excluding hydrogens is 284 g/mol. The van der Waals surface area contributed by atoms with Gasteiger partial charge in [0.1, 0.15) is 0 Å². The summed E-state index contributed by atoms with van der Waals surface area (Å²) in [6.07, 6.45) is 1.82. The first-order valence-corrected chi connectivity index (χ1v) is 8.32. The van der Waals surface area contributed by atoms with E-state index in [1.54, 1.807) is 7.11 Å². The molecule has 1 aromatic rings. The number of ether oxygens (including phenoxy) is 1. The van der Waals surface area contributed by atoms with E-state index in [1.165, 1.54) is 0 Å². The zero-order valence-corrected chi connectivity index (χ0v) is 15.3. The first kappa shape index (κ1) is 18.3. The maximum absolute atomic E-state index is 5.50. The van der Waals surface area contributed by atoms with E-state index in [1.807, 2.05) is 25.0 Å². The van der Waals surface area contributed by atoms with Crippen molar-refractivity contribution in [3.8, 4) is 5.75 Å². The van der Waals surface area contributed by atoms with Crippen molar-refractivity contribution in [3.63, 3.8) is 0 Å². The van der Waals surface area contributed by atoms with Gasteiger partial charge >= 0.3 is 0 Å². The molecule has 1 unspecified atom stereocenters. The Morgan fingerprint density at radius 2 is 2.10 bits per heavy atom. The van der Waals surface area contributed by atoms with E-state index < -0.39 is 0 Å². The molecule has 0 amide bonds. The second kappa shape index (κ2) is 8.06. The first-order chi connectivity index (χ1) is 9.78. The van der Waals surface area contributed by atoms with Crippen molar-refractivity contribution < 1.29 is 4.74 Å². The molecule has 1 N–H and O–H groups in total. The van der Waals surface area contributed by atoms with Gasteiger partial charge in [-0.25, -0.2) is 0 Å². The van der Waals surface area contributed by atoms with E-state index in [0.29, 0.717) is 0 Å². The highest BCUT2D eigenvalue weighted by molar-refractivity contribution is 8.00. The molecule has 5 nitrogen and oxygen atoms in total. The summed E-state index contributed by atoms with van der Waals surface area (Å²) in [5.74, 6) is 1.85. The quantitative estimate of drug-likeness (QED) is 0.797. The Bertz CT molecular complexity index is 426. The third-order valence-electron chi connectivity index (χ3n) is 3.19. The number of likely N-dealkylation sites (N-methyl/N-ethyl adjacent to an activating group) is 1. The number of nitrogens with one attached hydrogen (secondary N) is 1. The number of hydrogen-bond acceptors (Lipinski definition) is 5. The highest BCUT2D eigenvalue weighted by atomic mass is 32.2. The van der Waals surface area contributed by atoms with Crippen LogP contribution < -0.4 is 10.1 Å². The van der Waals surface area contributed by atoms with Gasteiger partial charge in [-0.15, -0.1) is 0 Å². The molecule has 1 atom stereocenters. The molecule has 0 radical (unpaired) electrons. The van der Waals surface area contributed by atoms with Crippen molar-refractivity contribution >= 4 is 11.8 Å². The van der Waals surface area contributed by atoms with Crippen LogP contribution in [0.15, 0.2) is 6.20 Å². The number of thioether (sulfide) groups is 1. The Morgan fingerprint density at radius 1 is 1.43 bits per heavy atom. The summed E-state index contributed by atoms with van der Waals surface area (Å²) < 4.78 is 7.81. The normalized spacial score (nSPS) is 13.7. The van der Waals surface area contributed by atoms with Crippen molar-refractivity contribution in [2.45, 2.75) is 38.1 Å². The minimum Gasteiger partial charge on any atom is -0.493 e. The van der Waals surface area contributed by atoms with Gasteiger partial charge in [0.15, 0.2) is 5.75 Å². The van der Waals surface area contributed by atoms with Crippen molar-refractivity contribution in [2.24, 2.45) is 0 Å². The van der Waals surface area contributed by atoms with Crippen LogP contribution in [-0.2, 0) is 6.54 Å². The summed E-state index contributed by atoms with van der Waals surface area (Å²) in [6, 6.07) is 0.230. The van der Waals surface area contributed by atoms with Gasteiger partial charge in [0.25, 0.3) is 0 Å². The standard InChI is InChI=1S/C15H30N4OS/c1-15(2,3)21-11-12(16-4)14-13(20-7)10-17-19(14)9-8-18(5)6/h10,12,16H,8-9,11H2,1-7H3. The summed E-state index contributed by atoms with van der Waals surface area (Å²) in [5, 5.41) is 7.89. The van der Waals surface area contributed by atoms with Crippen LogP contribution in [0.1, 0.15) is 32.5 Å². The van der Waals surface area contributed by atoms with Crippen molar-refractivity contribution in [1.82, 2.24) is 20.0 Å². The van der Waals surface area contributed by atoms with Crippen LogP contribution in [0.4, 0.5) is 0 Å². The summed E-state index contributed by atoms with van der Waals surface area (Å²) in [5.41, 5.74) is 1.14. The molecule has 0 aromatic carbocycles. The fraction of sp³-hybridized carbons (Fsp3) is 0.800. The molecule has 0 spiro atoms. The molecular formula is C15H30N4OS. The largest absolute Gasteiger partial charge is 0.493 e. The second-order valence-corrected chi connectivity index (χ2v) is 8.24. The topological polar surface area (TPSA) is 42.3 Å². The lowest BCUT2D eigenvalue weighted by atomic mass is 10.2. The van der Waals surface area contributed by atoms with Crippen LogP contribution in [0.5, 0.6) is 5.75 Å². The minimum absolute atomic E-state index is 0.230. The highest BCUT2D eigenvalue weighted by Crippen LogP contribution is 2.32. The van der Waals surface area contributed by atoms with Gasteiger partial charge in [0.2, 0.25) is 0 Å². The zero-order chi connectivity index (χ0) is 16.0. The fourth-order valence-electron chi connectivity index (χ4n) is 1.99. The molecule has 0 aliphatic rings. The molecule has 1 rings (SSSR count). The van der Waals surface area contributed by atoms with Gasteiger partial charge in [-0.2, -0.15) is 16.9 Å². The Balaban J connectivity index is 2.91. The molecule has 0 aliphatic carbocycles. The van der Waals surface area contributed by atoms with Crippen LogP contribution in [0.3, 0.4) is 0 Å². The van der Waals surface area contributed by atoms with Gasteiger partial charge in [0.05, 0.1) is 31.6 Å². The summed E-state index contributed by atoms with van der Waals surface area (Å²) in [7, 11) is 7.86. The van der Waals surface area contributed by atoms with Gasteiger partial charge in [0, 0.05) is 17.0 Å². The predicted molar refractivity (Wildman–Crippen MR) is 91.3 cm³/mol. The molecule has 122 valence electrons. The Kier molecular flexibility index (Phi) is 7.03. The third kappa shape index (κ3) is 5.88. The second-order valence-electron chi connectivity index (χ2n) is 6.39. The van der Waals surface area contributed by atoms with Crippen LogP contribution in [0.25, 0.3) is 0 Å². The number of hydrogen-bond donors (Lipinski definition) is 1. The molecule has 1 heterocycles. The maximum atomic E-state index is 5.50. The van der Waals surface area contributed by atoms with E-state index >= 15 is 0 Å². The average molecular weight is 314 g/mol. The third-order valence-corrected chi connectivity index (χ3v) is 4.55. The summed E-state index contributed by atoms with van der Waals surface area (Å²) in [4.78, 5) is 2.16. The Hall–Kier alpha value is -0.720. The molecule has 0 saturated heterocycles. The van der Waals surface area contributed by atoms with Gasteiger partial charge in [-0.05, 0) is 21.1 Å². The van der Waals surface area contributed by atoms with Crippen LogP contribution >= 0.6 is 11.8 Å². The molecule has 0 fully saturated rings. The fourth-order valence-corrected chi connectivity index (χ4v) is 2.98. The molecule has 6 heteroatoms. The van der Waals surface area contributed by atoms with E-state index in [-0.39, 0.29) is 10.8 Å². The first-order valence-electron chi connectivity index (χ1n) is 7.34. The molecule has 0 aliphatic heterocycles. The maximum Gasteiger partial charge on any atom is 0.161 e. The molecule has 0 bridgehead atoms. The van der Waals surface area contributed by atoms with Crippen LogP contribution in [-0.4, -0.2) is 60.0 Å². The number of rotatable bonds is 8. The van der Waals surface area contributed by atoms with Crippen LogP contribution in [0.2, 0.25) is 0 Å². The minimum atomic E-state index is 0.230. The monoisotopic (exact) mass is 314 g/mol. The van der Waals surface area contributed by atoms with E-state index in [9.17, 15) is 0 Å². The lowest BCUT2D eigenvalue weighted by Crippen LogP contribution is -2.27. The predicted octanol–water partition coefficient (Wildman–Crippen LogP) is 2.25. The zero-order valence-electron chi connectivity index (χ0n) is 14.4. The average Bonchev–Trinajstić information content (AvgIpc) is 2.79. The molecule has 1 aromatic heterocycles. The lowest BCUT2D eigenvalue weighted by molar-refractivity contribution is 0.359. The van der Waals surface area contributed by atoms with E-state index in [4.69, 9.17) is 4.74 Å². The SMILES string of the molecule is CNC(CSC(C)(C)C)c1c(OC)cnn1CCN(C)C. The smallest absolute Gasteiger partial charge is 0.161 e. The van der Waals surface area contributed by atoms with Crippen LogP contribution in [0, 0.1) is 0 Å². The number of nitrogens with zero attached hydrogens (tertiary/aromatic N) is 3. The number of methoxy groups -OCH3 is 1. The van der Waals surface area contributed by atoms with Gasteiger partial charge in [-0.3, -0.25) is 4.68 Å². The molecule has 21 heavy (non-hydrogen) atoms. The Labute approximate surface area is 133 Å². The van der Waals surface area contributed by atoms with Crippen molar-refractivity contribution in [2.75, 3.05) is 40.6 Å². The van der Waals surface area contributed by atoms with Gasteiger partial charge in [-0.1, -0.05) is 20.8 Å². The Morgan fingerprint density at radius 3 is 2.57 bits per heavy atom. The van der Waals surface area contributed by atoms with Crippen molar-refractivity contribution in [3.05, 3.63) is 11.9 Å². The highest BCUT2D eigenvalue weighted by Gasteiger charge is 2.23. The van der Waals surface area contributed by atoms with E-state index in [0.717, 1.165) is 30.3 Å². The number of aromatic nitrogens is 2.